The van der Waals surface area contributed by atoms with E-state index in [0.29, 0.717) is 30.3 Å². The van der Waals surface area contributed by atoms with Crippen LogP contribution in [-0.4, -0.2) is 34.2 Å². The van der Waals surface area contributed by atoms with E-state index in [1.165, 1.54) is 5.56 Å². The summed E-state index contributed by atoms with van der Waals surface area (Å²) in [5, 5.41) is 11.0. The molecular weight excluding hydrogens is 392 g/mol. The predicted octanol–water partition coefficient (Wildman–Crippen LogP) is 3.08. The number of aromatic nitrogens is 3. The minimum atomic E-state index is -0.348. The molecule has 0 unspecified atom stereocenters. The highest BCUT2D eigenvalue weighted by atomic mass is 16.5. The number of H-pyrrole nitrogens is 1. The summed E-state index contributed by atoms with van der Waals surface area (Å²) in [6, 6.07) is 17.3. The zero-order chi connectivity index (χ0) is 21.9. The van der Waals surface area contributed by atoms with Crippen LogP contribution in [0.15, 0.2) is 72.0 Å². The lowest BCUT2D eigenvalue weighted by Crippen LogP contribution is -2.26. The molecule has 0 atom stereocenters. The Balaban J connectivity index is 1.48. The third-order valence-corrected chi connectivity index (χ3v) is 4.64. The van der Waals surface area contributed by atoms with Crippen molar-refractivity contribution in [1.29, 1.82) is 0 Å². The fraction of sp³-hybridized carbons (Fsp3) is 0.250. The number of amides is 1. The smallest absolute Gasteiger partial charge is 0.273 e. The maximum atomic E-state index is 12.4. The van der Waals surface area contributed by atoms with Gasteiger partial charge in [0.2, 0.25) is 5.91 Å². The largest absolute Gasteiger partial charge is 0.490 e. The van der Waals surface area contributed by atoms with Gasteiger partial charge in [0.05, 0.1) is 0 Å². The minimum Gasteiger partial charge on any atom is -0.490 e. The van der Waals surface area contributed by atoms with Crippen LogP contribution in [0, 0.1) is 0 Å². The third kappa shape index (κ3) is 6.92. The van der Waals surface area contributed by atoms with E-state index in [0.717, 1.165) is 12.8 Å². The zero-order valence-electron chi connectivity index (χ0n) is 17.3. The highest BCUT2D eigenvalue weighted by Crippen LogP contribution is 2.19. The van der Waals surface area contributed by atoms with Gasteiger partial charge in [0.15, 0.2) is 5.82 Å². The first-order valence-corrected chi connectivity index (χ1v) is 10.3. The molecule has 160 valence electrons. The first kappa shape index (κ1) is 22.0. The Hall–Kier alpha value is -3.74. The highest BCUT2D eigenvalue weighted by molar-refractivity contribution is 5.76. The van der Waals surface area contributed by atoms with Crippen molar-refractivity contribution in [3.8, 4) is 17.1 Å². The van der Waals surface area contributed by atoms with E-state index in [4.69, 9.17) is 4.74 Å². The Labute approximate surface area is 181 Å². The van der Waals surface area contributed by atoms with Crippen LogP contribution in [0.1, 0.15) is 24.1 Å². The fourth-order valence-electron chi connectivity index (χ4n) is 3.03. The van der Waals surface area contributed by atoms with Crippen molar-refractivity contribution in [3.05, 3.63) is 88.9 Å². The molecule has 3 rings (SSSR count). The molecule has 2 aromatic carbocycles. The number of nitrogens with zero attached hydrogens (tertiary/aromatic N) is 2. The van der Waals surface area contributed by atoms with Gasteiger partial charge in [-0.15, -0.1) is 10.2 Å². The quantitative estimate of drug-likeness (QED) is 0.368. The van der Waals surface area contributed by atoms with Crippen LogP contribution in [-0.2, 0) is 17.6 Å². The molecule has 0 saturated carbocycles. The van der Waals surface area contributed by atoms with Crippen LogP contribution in [0.3, 0.4) is 0 Å². The number of carbonyl (C=O) groups is 1. The van der Waals surface area contributed by atoms with Crippen LogP contribution in [0.2, 0.25) is 0 Å². The van der Waals surface area contributed by atoms with Gasteiger partial charge in [-0.1, -0.05) is 55.1 Å². The van der Waals surface area contributed by atoms with Crippen molar-refractivity contribution in [3.63, 3.8) is 0 Å². The lowest BCUT2D eigenvalue weighted by atomic mass is 10.1. The average molecular weight is 418 g/mol. The number of ether oxygens (including phenoxy) is 1. The fourth-order valence-corrected chi connectivity index (χ4v) is 3.03. The molecule has 7 nitrogen and oxygen atoms in total. The van der Waals surface area contributed by atoms with Gasteiger partial charge in [-0.2, -0.15) is 0 Å². The number of aryl methyl sites for hydroxylation is 2. The van der Waals surface area contributed by atoms with Crippen molar-refractivity contribution >= 4 is 5.91 Å². The summed E-state index contributed by atoms with van der Waals surface area (Å²) in [7, 11) is 0. The standard InChI is InChI=1S/C24H26N4O3/c1-2-16-31-20-12-6-11-19(17-20)23-26-24(30)21(27-28-23)13-14-22(29)25-15-7-10-18-8-4-3-5-9-18/h2-6,8-9,11-12,17H,1,7,10,13-16H2,(H,25,29)(H,26,28,30). The van der Waals surface area contributed by atoms with Gasteiger partial charge in [-0.05, 0) is 30.5 Å². The van der Waals surface area contributed by atoms with E-state index < -0.39 is 0 Å². The number of carbonyl (C=O) groups excluding carboxylic acids is 1. The number of aromatic amines is 1. The summed E-state index contributed by atoms with van der Waals surface area (Å²) in [5.74, 6) is 0.890. The molecule has 31 heavy (non-hydrogen) atoms. The molecule has 7 heteroatoms. The van der Waals surface area contributed by atoms with Gasteiger partial charge in [-0.25, -0.2) is 0 Å². The van der Waals surface area contributed by atoms with Crippen LogP contribution in [0.4, 0.5) is 0 Å². The Kier molecular flexibility index (Phi) is 8.11. The minimum absolute atomic E-state index is 0.106. The number of rotatable bonds is 11. The summed E-state index contributed by atoms with van der Waals surface area (Å²) < 4.78 is 5.50. The molecule has 0 aliphatic heterocycles. The van der Waals surface area contributed by atoms with Gasteiger partial charge >= 0.3 is 0 Å². The molecule has 0 aliphatic carbocycles. The van der Waals surface area contributed by atoms with E-state index in [-0.39, 0.29) is 30.0 Å². The number of hydrogen-bond acceptors (Lipinski definition) is 5. The first-order chi connectivity index (χ1) is 15.2. The highest BCUT2D eigenvalue weighted by Gasteiger charge is 2.10. The monoisotopic (exact) mass is 418 g/mol. The van der Waals surface area contributed by atoms with Crippen molar-refractivity contribution < 1.29 is 9.53 Å². The molecule has 0 radical (unpaired) electrons. The summed E-state index contributed by atoms with van der Waals surface area (Å²) in [4.78, 5) is 27.2. The molecule has 1 aromatic heterocycles. The SMILES string of the molecule is C=CCOc1cccc(-c2nnc(CCC(=O)NCCCc3ccccc3)c(=O)[nH]2)c1. The predicted molar refractivity (Wildman–Crippen MR) is 120 cm³/mol. The second-order valence-corrected chi connectivity index (χ2v) is 7.02. The summed E-state index contributed by atoms with van der Waals surface area (Å²) in [6.07, 6.45) is 3.85. The van der Waals surface area contributed by atoms with E-state index >= 15 is 0 Å². The van der Waals surface area contributed by atoms with Crippen molar-refractivity contribution in [1.82, 2.24) is 20.5 Å². The van der Waals surface area contributed by atoms with Crippen LogP contribution in [0.25, 0.3) is 11.4 Å². The summed E-state index contributed by atoms with van der Waals surface area (Å²) in [5.41, 5.74) is 1.83. The topological polar surface area (TPSA) is 97.0 Å². The maximum absolute atomic E-state index is 12.4. The van der Waals surface area contributed by atoms with Crippen molar-refractivity contribution in [2.75, 3.05) is 13.2 Å². The normalized spacial score (nSPS) is 10.5. The van der Waals surface area contributed by atoms with Gasteiger partial charge in [0.25, 0.3) is 5.56 Å². The maximum Gasteiger partial charge on any atom is 0.273 e. The summed E-state index contributed by atoms with van der Waals surface area (Å²) >= 11 is 0. The summed E-state index contributed by atoms with van der Waals surface area (Å²) in [6.45, 7) is 4.60. The molecule has 0 aliphatic rings. The first-order valence-electron chi connectivity index (χ1n) is 10.3. The molecule has 0 spiro atoms. The van der Waals surface area contributed by atoms with E-state index in [1.807, 2.05) is 36.4 Å². The second kappa shape index (κ2) is 11.4. The van der Waals surface area contributed by atoms with Crippen LogP contribution >= 0.6 is 0 Å². The number of nitrogens with one attached hydrogen (secondary N) is 2. The van der Waals surface area contributed by atoms with Crippen LogP contribution < -0.4 is 15.6 Å². The van der Waals surface area contributed by atoms with Gasteiger partial charge in [-0.3, -0.25) is 9.59 Å². The van der Waals surface area contributed by atoms with Gasteiger partial charge in [0.1, 0.15) is 18.1 Å². The molecule has 3 aromatic rings. The molecule has 1 heterocycles. The van der Waals surface area contributed by atoms with Crippen molar-refractivity contribution in [2.45, 2.75) is 25.7 Å². The number of hydrogen-bond donors (Lipinski definition) is 2. The van der Waals surface area contributed by atoms with E-state index in [9.17, 15) is 9.59 Å². The third-order valence-electron chi connectivity index (χ3n) is 4.64. The molecular formula is C24H26N4O3. The Morgan fingerprint density at radius 1 is 1.10 bits per heavy atom. The zero-order valence-corrected chi connectivity index (χ0v) is 17.3. The Bertz CT molecular complexity index is 1060. The van der Waals surface area contributed by atoms with E-state index in [1.54, 1.807) is 12.1 Å². The molecule has 0 fully saturated rings. The Morgan fingerprint density at radius 3 is 2.71 bits per heavy atom. The average Bonchev–Trinajstić information content (AvgIpc) is 2.80. The number of benzene rings is 2. The van der Waals surface area contributed by atoms with Gasteiger partial charge in [0, 0.05) is 24.9 Å². The molecule has 1 amide bonds. The second-order valence-electron chi connectivity index (χ2n) is 7.02. The van der Waals surface area contributed by atoms with Crippen LogP contribution in [0.5, 0.6) is 5.75 Å². The molecule has 0 saturated heterocycles. The van der Waals surface area contributed by atoms with E-state index in [2.05, 4.69) is 39.2 Å². The molecule has 0 bridgehead atoms. The molecule has 2 N–H and O–H groups in total. The lowest BCUT2D eigenvalue weighted by Gasteiger charge is -2.07. The van der Waals surface area contributed by atoms with Gasteiger partial charge < -0.3 is 15.0 Å². The Morgan fingerprint density at radius 2 is 1.94 bits per heavy atom. The van der Waals surface area contributed by atoms with Crippen molar-refractivity contribution in [2.24, 2.45) is 0 Å². The lowest BCUT2D eigenvalue weighted by molar-refractivity contribution is -0.121.